The van der Waals surface area contributed by atoms with Crippen LogP contribution in [0.5, 0.6) is 11.5 Å². The molecule has 1 aromatic heterocycles. The van der Waals surface area contributed by atoms with Crippen molar-refractivity contribution < 1.29 is 19.1 Å². The second-order valence-corrected chi connectivity index (χ2v) is 8.11. The molecule has 3 aromatic rings. The molecular formula is C22H23ClN2O4S. The van der Waals surface area contributed by atoms with Crippen LogP contribution in [0, 0.1) is 0 Å². The number of hydrogen-bond acceptors (Lipinski definition) is 5. The summed E-state index contributed by atoms with van der Waals surface area (Å²) in [5.41, 5.74) is 1.02. The number of nitrogens with one attached hydrogen (secondary N) is 1. The second kappa shape index (κ2) is 9.82. The number of halogens is 1. The maximum atomic E-state index is 12.5. The van der Waals surface area contributed by atoms with Gasteiger partial charge in [0.15, 0.2) is 11.5 Å². The standard InChI is InChI=1S/C22H23ClN2O4S/c1-25(11-10-14-8-9-16(28-2)17(12-14)29-3)19(26)13-24-22(27)21-20(23)15-6-4-5-7-18(15)30-21/h4-9,12H,10-11,13H2,1-3H3,(H,24,27). The predicted molar refractivity (Wildman–Crippen MR) is 120 cm³/mol. The normalized spacial score (nSPS) is 10.7. The van der Waals surface area contributed by atoms with Gasteiger partial charge in [-0.3, -0.25) is 9.59 Å². The van der Waals surface area contributed by atoms with E-state index in [0.717, 1.165) is 15.6 Å². The number of thiophene rings is 1. The largest absolute Gasteiger partial charge is 0.493 e. The van der Waals surface area contributed by atoms with Gasteiger partial charge in [0.2, 0.25) is 5.91 Å². The summed E-state index contributed by atoms with van der Waals surface area (Å²) in [6, 6.07) is 13.2. The molecule has 2 aromatic carbocycles. The van der Waals surface area contributed by atoms with Crippen molar-refractivity contribution in [3.05, 3.63) is 57.9 Å². The molecule has 0 aliphatic heterocycles. The average Bonchev–Trinajstić information content (AvgIpc) is 3.12. The van der Waals surface area contributed by atoms with Gasteiger partial charge in [0.1, 0.15) is 4.88 Å². The van der Waals surface area contributed by atoms with Crippen LogP contribution < -0.4 is 14.8 Å². The van der Waals surface area contributed by atoms with Crippen molar-refractivity contribution in [1.29, 1.82) is 0 Å². The molecule has 0 bridgehead atoms. The minimum atomic E-state index is -0.345. The maximum absolute atomic E-state index is 12.5. The van der Waals surface area contributed by atoms with Crippen molar-refractivity contribution in [3.63, 3.8) is 0 Å². The van der Waals surface area contributed by atoms with Crippen LogP contribution in [0.1, 0.15) is 15.2 Å². The van der Waals surface area contributed by atoms with Crippen molar-refractivity contribution in [1.82, 2.24) is 10.2 Å². The Balaban J connectivity index is 1.54. The number of hydrogen-bond donors (Lipinski definition) is 1. The summed E-state index contributed by atoms with van der Waals surface area (Å²) in [4.78, 5) is 26.9. The Hall–Kier alpha value is -2.77. The van der Waals surface area contributed by atoms with Crippen LogP contribution in [0.4, 0.5) is 0 Å². The lowest BCUT2D eigenvalue weighted by atomic mass is 10.1. The van der Waals surface area contributed by atoms with Gasteiger partial charge in [-0.25, -0.2) is 0 Å². The van der Waals surface area contributed by atoms with Crippen LogP contribution in [0.15, 0.2) is 42.5 Å². The molecule has 1 N–H and O–H groups in total. The predicted octanol–water partition coefficient (Wildman–Crippen LogP) is 4.00. The minimum absolute atomic E-state index is 0.0914. The Kier molecular flexibility index (Phi) is 7.18. The van der Waals surface area contributed by atoms with Gasteiger partial charge in [-0.15, -0.1) is 11.3 Å². The fourth-order valence-corrected chi connectivity index (χ4v) is 4.42. The lowest BCUT2D eigenvalue weighted by Gasteiger charge is -2.18. The molecule has 2 amide bonds. The van der Waals surface area contributed by atoms with E-state index in [1.165, 1.54) is 11.3 Å². The number of amides is 2. The van der Waals surface area contributed by atoms with E-state index in [1.54, 1.807) is 26.2 Å². The fraction of sp³-hybridized carbons (Fsp3) is 0.273. The molecular weight excluding hydrogens is 424 g/mol. The fourth-order valence-electron chi connectivity index (χ4n) is 2.99. The van der Waals surface area contributed by atoms with E-state index < -0.39 is 0 Å². The summed E-state index contributed by atoms with van der Waals surface area (Å²) in [7, 11) is 4.88. The average molecular weight is 447 g/mol. The lowest BCUT2D eigenvalue weighted by molar-refractivity contribution is -0.128. The summed E-state index contributed by atoms with van der Waals surface area (Å²) in [5.74, 6) is 0.786. The smallest absolute Gasteiger partial charge is 0.263 e. The van der Waals surface area contributed by atoms with E-state index in [4.69, 9.17) is 21.1 Å². The monoisotopic (exact) mass is 446 g/mol. The molecule has 0 spiro atoms. The van der Waals surface area contributed by atoms with E-state index in [1.807, 2.05) is 42.5 Å². The van der Waals surface area contributed by atoms with Gasteiger partial charge in [-0.1, -0.05) is 35.9 Å². The highest BCUT2D eigenvalue weighted by atomic mass is 35.5. The molecule has 3 rings (SSSR count). The van der Waals surface area contributed by atoms with Gasteiger partial charge in [0.05, 0.1) is 25.8 Å². The van der Waals surface area contributed by atoms with Gasteiger partial charge in [-0.2, -0.15) is 0 Å². The first-order valence-corrected chi connectivity index (χ1v) is 10.5. The highest BCUT2D eigenvalue weighted by Gasteiger charge is 2.18. The first-order valence-electron chi connectivity index (χ1n) is 9.34. The molecule has 0 radical (unpaired) electrons. The van der Waals surface area contributed by atoms with E-state index >= 15 is 0 Å². The first kappa shape index (κ1) is 21.9. The lowest BCUT2D eigenvalue weighted by Crippen LogP contribution is -2.38. The number of likely N-dealkylation sites (N-methyl/N-ethyl adjacent to an activating group) is 1. The summed E-state index contributed by atoms with van der Waals surface area (Å²) in [6.07, 6.45) is 0.651. The molecule has 0 saturated heterocycles. The van der Waals surface area contributed by atoms with Crippen LogP contribution in [0.3, 0.4) is 0 Å². The molecule has 0 saturated carbocycles. The third kappa shape index (κ3) is 4.86. The summed E-state index contributed by atoms with van der Waals surface area (Å²) in [6.45, 7) is 0.416. The van der Waals surface area contributed by atoms with Gasteiger partial charge in [0, 0.05) is 23.7 Å². The van der Waals surface area contributed by atoms with Crippen molar-refractivity contribution in [2.24, 2.45) is 0 Å². The zero-order valence-corrected chi connectivity index (χ0v) is 18.6. The first-order chi connectivity index (χ1) is 14.4. The third-order valence-electron chi connectivity index (χ3n) is 4.75. The molecule has 158 valence electrons. The van der Waals surface area contributed by atoms with Gasteiger partial charge in [0.25, 0.3) is 5.91 Å². The van der Waals surface area contributed by atoms with Crippen LogP contribution >= 0.6 is 22.9 Å². The van der Waals surface area contributed by atoms with Gasteiger partial charge >= 0.3 is 0 Å². The SMILES string of the molecule is COc1ccc(CCN(C)C(=O)CNC(=O)c2sc3ccccc3c2Cl)cc1OC. The molecule has 30 heavy (non-hydrogen) atoms. The molecule has 8 heteroatoms. The van der Waals surface area contributed by atoms with Crippen LogP contribution in [0.25, 0.3) is 10.1 Å². The van der Waals surface area contributed by atoms with Crippen molar-refractivity contribution in [2.45, 2.75) is 6.42 Å². The molecule has 1 heterocycles. The van der Waals surface area contributed by atoms with E-state index in [0.29, 0.717) is 34.4 Å². The molecule has 0 unspecified atom stereocenters. The highest BCUT2D eigenvalue weighted by molar-refractivity contribution is 7.21. The number of nitrogens with zero attached hydrogens (tertiary/aromatic N) is 1. The Labute approximate surface area is 184 Å². The van der Waals surface area contributed by atoms with Gasteiger partial charge in [-0.05, 0) is 30.2 Å². The topological polar surface area (TPSA) is 67.9 Å². The number of carbonyl (C=O) groups excluding carboxylic acids is 2. The number of methoxy groups -OCH3 is 2. The van der Waals surface area contributed by atoms with E-state index in [2.05, 4.69) is 5.32 Å². The zero-order chi connectivity index (χ0) is 21.7. The van der Waals surface area contributed by atoms with Crippen LogP contribution in [-0.4, -0.2) is 51.1 Å². The number of rotatable bonds is 8. The molecule has 6 nitrogen and oxygen atoms in total. The summed E-state index contributed by atoms with van der Waals surface area (Å²) >= 11 is 7.64. The van der Waals surface area contributed by atoms with E-state index in [9.17, 15) is 9.59 Å². The molecule has 0 aliphatic carbocycles. The number of carbonyl (C=O) groups is 2. The Morgan fingerprint density at radius 2 is 1.83 bits per heavy atom. The Bertz CT molecular complexity index is 1070. The third-order valence-corrected chi connectivity index (χ3v) is 6.43. The second-order valence-electron chi connectivity index (χ2n) is 6.68. The maximum Gasteiger partial charge on any atom is 0.263 e. The highest BCUT2D eigenvalue weighted by Crippen LogP contribution is 2.35. The Morgan fingerprint density at radius 1 is 1.10 bits per heavy atom. The molecule has 0 atom stereocenters. The van der Waals surface area contributed by atoms with E-state index in [-0.39, 0.29) is 18.4 Å². The molecule has 0 fully saturated rings. The van der Waals surface area contributed by atoms with Crippen molar-refractivity contribution in [3.8, 4) is 11.5 Å². The van der Waals surface area contributed by atoms with Crippen LogP contribution in [-0.2, 0) is 11.2 Å². The van der Waals surface area contributed by atoms with Crippen molar-refractivity contribution in [2.75, 3.05) is 34.4 Å². The quantitative estimate of drug-likeness (QED) is 0.567. The van der Waals surface area contributed by atoms with Crippen molar-refractivity contribution >= 4 is 44.8 Å². The summed E-state index contributed by atoms with van der Waals surface area (Å²) in [5, 5.41) is 3.93. The number of fused-ring (bicyclic) bond motifs is 1. The summed E-state index contributed by atoms with van der Waals surface area (Å²) < 4.78 is 11.5. The number of benzene rings is 2. The zero-order valence-electron chi connectivity index (χ0n) is 17.0. The van der Waals surface area contributed by atoms with Crippen LogP contribution in [0.2, 0.25) is 5.02 Å². The minimum Gasteiger partial charge on any atom is -0.493 e. The number of ether oxygens (including phenoxy) is 2. The Morgan fingerprint density at radius 3 is 2.53 bits per heavy atom. The van der Waals surface area contributed by atoms with Gasteiger partial charge < -0.3 is 19.7 Å². The molecule has 0 aliphatic rings.